The van der Waals surface area contributed by atoms with Crippen LogP contribution in [-0.4, -0.2) is 31.9 Å². The van der Waals surface area contributed by atoms with Crippen molar-refractivity contribution in [3.8, 4) is 11.5 Å². The van der Waals surface area contributed by atoms with Gasteiger partial charge in [0, 0.05) is 6.04 Å². The van der Waals surface area contributed by atoms with Crippen molar-refractivity contribution in [1.29, 1.82) is 0 Å². The number of aliphatic hydroxyl groups is 1. The SMILES string of the molecule is CCCNC1CCC(O)(c2c(OC)cccc2OC)CC1. The van der Waals surface area contributed by atoms with Crippen molar-refractivity contribution in [2.24, 2.45) is 0 Å². The van der Waals surface area contributed by atoms with Gasteiger partial charge in [0.25, 0.3) is 0 Å². The maximum absolute atomic E-state index is 11.1. The third kappa shape index (κ3) is 3.50. The molecule has 1 aliphatic carbocycles. The fraction of sp³-hybridized carbons (Fsp3) is 0.647. The van der Waals surface area contributed by atoms with E-state index in [2.05, 4.69) is 12.2 Å². The Morgan fingerprint density at radius 1 is 1.19 bits per heavy atom. The largest absolute Gasteiger partial charge is 0.496 e. The minimum atomic E-state index is -0.859. The summed E-state index contributed by atoms with van der Waals surface area (Å²) >= 11 is 0. The second-order valence-electron chi connectivity index (χ2n) is 5.80. The van der Waals surface area contributed by atoms with Gasteiger partial charge in [-0.1, -0.05) is 13.0 Å². The zero-order valence-electron chi connectivity index (χ0n) is 13.3. The maximum Gasteiger partial charge on any atom is 0.128 e. The van der Waals surface area contributed by atoms with Crippen molar-refractivity contribution in [2.75, 3.05) is 20.8 Å². The number of benzene rings is 1. The summed E-state index contributed by atoms with van der Waals surface area (Å²) < 4.78 is 10.9. The van der Waals surface area contributed by atoms with E-state index in [0.29, 0.717) is 17.5 Å². The molecule has 1 fully saturated rings. The Morgan fingerprint density at radius 3 is 2.24 bits per heavy atom. The van der Waals surface area contributed by atoms with Gasteiger partial charge in [0.1, 0.15) is 11.5 Å². The van der Waals surface area contributed by atoms with Gasteiger partial charge >= 0.3 is 0 Å². The smallest absolute Gasteiger partial charge is 0.128 e. The number of nitrogens with one attached hydrogen (secondary N) is 1. The van der Waals surface area contributed by atoms with Gasteiger partial charge in [0.15, 0.2) is 0 Å². The molecule has 0 aromatic heterocycles. The standard InChI is InChI=1S/C17H27NO3/c1-4-12-18-13-8-10-17(19,11-9-13)16-14(20-2)6-5-7-15(16)21-3/h5-7,13,18-19H,4,8-12H2,1-3H3. The third-order valence-electron chi connectivity index (χ3n) is 4.39. The molecule has 0 heterocycles. The van der Waals surface area contributed by atoms with Crippen LogP contribution in [0.15, 0.2) is 18.2 Å². The van der Waals surface area contributed by atoms with Gasteiger partial charge in [-0.15, -0.1) is 0 Å². The number of methoxy groups -OCH3 is 2. The van der Waals surface area contributed by atoms with Crippen LogP contribution in [0, 0.1) is 0 Å². The van der Waals surface area contributed by atoms with Crippen molar-refractivity contribution in [3.63, 3.8) is 0 Å². The van der Waals surface area contributed by atoms with Crippen molar-refractivity contribution in [3.05, 3.63) is 23.8 Å². The van der Waals surface area contributed by atoms with Gasteiger partial charge < -0.3 is 19.9 Å². The molecule has 118 valence electrons. The van der Waals surface area contributed by atoms with E-state index in [-0.39, 0.29) is 0 Å². The van der Waals surface area contributed by atoms with Crippen LogP contribution in [0.5, 0.6) is 11.5 Å². The molecule has 0 aliphatic heterocycles. The van der Waals surface area contributed by atoms with E-state index >= 15 is 0 Å². The lowest BCUT2D eigenvalue weighted by molar-refractivity contribution is -0.0120. The lowest BCUT2D eigenvalue weighted by Crippen LogP contribution is -2.40. The molecule has 1 aromatic carbocycles. The Bertz CT molecular complexity index is 431. The summed E-state index contributed by atoms with van der Waals surface area (Å²) in [5.41, 5.74) is -0.0635. The highest BCUT2D eigenvalue weighted by atomic mass is 16.5. The first kappa shape index (κ1) is 16.1. The summed E-state index contributed by atoms with van der Waals surface area (Å²) in [6.07, 6.45) is 4.53. The quantitative estimate of drug-likeness (QED) is 0.847. The summed E-state index contributed by atoms with van der Waals surface area (Å²) in [4.78, 5) is 0. The zero-order chi connectivity index (χ0) is 15.3. The van der Waals surface area contributed by atoms with Crippen LogP contribution in [0.2, 0.25) is 0 Å². The van der Waals surface area contributed by atoms with Gasteiger partial charge in [-0.05, 0) is 50.8 Å². The average molecular weight is 293 g/mol. The molecule has 0 atom stereocenters. The molecule has 0 spiro atoms. The van der Waals surface area contributed by atoms with Crippen molar-refractivity contribution >= 4 is 0 Å². The molecule has 0 radical (unpaired) electrons. The summed E-state index contributed by atoms with van der Waals surface area (Å²) in [5.74, 6) is 1.41. The average Bonchev–Trinajstić information content (AvgIpc) is 2.53. The summed E-state index contributed by atoms with van der Waals surface area (Å²) in [6.45, 7) is 3.22. The Kier molecular flexibility index (Phi) is 5.48. The van der Waals surface area contributed by atoms with E-state index in [0.717, 1.165) is 44.2 Å². The highest BCUT2D eigenvalue weighted by Crippen LogP contribution is 2.45. The highest BCUT2D eigenvalue weighted by molar-refractivity contribution is 5.48. The molecule has 2 rings (SSSR count). The first-order valence-electron chi connectivity index (χ1n) is 7.82. The Balaban J connectivity index is 2.18. The van der Waals surface area contributed by atoms with Gasteiger partial charge in [-0.2, -0.15) is 0 Å². The van der Waals surface area contributed by atoms with Crippen LogP contribution in [0.4, 0.5) is 0 Å². The van der Waals surface area contributed by atoms with Crippen molar-refractivity contribution in [1.82, 2.24) is 5.32 Å². The van der Waals surface area contributed by atoms with Gasteiger partial charge in [-0.3, -0.25) is 0 Å². The van der Waals surface area contributed by atoms with Crippen LogP contribution in [0.25, 0.3) is 0 Å². The van der Waals surface area contributed by atoms with Crippen LogP contribution in [0.3, 0.4) is 0 Å². The molecule has 0 bridgehead atoms. The fourth-order valence-corrected chi connectivity index (χ4v) is 3.21. The van der Waals surface area contributed by atoms with E-state index in [9.17, 15) is 5.11 Å². The Labute approximate surface area is 127 Å². The zero-order valence-corrected chi connectivity index (χ0v) is 13.3. The van der Waals surface area contributed by atoms with E-state index < -0.39 is 5.60 Å². The molecule has 0 unspecified atom stereocenters. The summed E-state index contributed by atoms with van der Waals surface area (Å²) in [6, 6.07) is 6.17. The van der Waals surface area contributed by atoms with Gasteiger partial charge in [-0.25, -0.2) is 0 Å². The second kappa shape index (κ2) is 7.14. The number of hydrogen-bond acceptors (Lipinski definition) is 4. The number of hydrogen-bond donors (Lipinski definition) is 2. The Hall–Kier alpha value is -1.26. The molecule has 1 saturated carbocycles. The summed E-state index contributed by atoms with van der Waals surface area (Å²) in [7, 11) is 3.27. The minimum Gasteiger partial charge on any atom is -0.496 e. The molecule has 1 aromatic rings. The monoisotopic (exact) mass is 293 g/mol. The topological polar surface area (TPSA) is 50.7 Å². The molecule has 0 amide bonds. The van der Waals surface area contributed by atoms with Crippen LogP contribution in [-0.2, 0) is 5.60 Å². The number of ether oxygens (including phenoxy) is 2. The Morgan fingerprint density at radius 2 is 1.76 bits per heavy atom. The van der Waals surface area contributed by atoms with Crippen LogP contribution >= 0.6 is 0 Å². The first-order chi connectivity index (χ1) is 10.1. The predicted octanol–water partition coefficient (Wildman–Crippen LogP) is 2.83. The lowest BCUT2D eigenvalue weighted by Gasteiger charge is -2.38. The molecule has 1 aliphatic rings. The lowest BCUT2D eigenvalue weighted by atomic mass is 9.77. The summed E-state index contributed by atoms with van der Waals surface area (Å²) in [5, 5.41) is 14.7. The second-order valence-corrected chi connectivity index (χ2v) is 5.80. The molecule has 2 N–H and O–H groups in total. The third-order valence-corrected chi connectivity index (χ3v) is 4.39. The van der Waals surface area contributed by atoms with Crippen molar-refractivity contribution in [2.45, 2.75) is 50.7 Å². The molecule has 4 nitrogen and oxygen atoms in total. The predicted molar refractivity (Wildman–Crippen MR) is 84.0 cm³/mol. The highest BCUT2D eigenvalue weighted by Gasteiger charge is 2.39. The minimum absolute atomic E-state index is 0.505. The van der Waals surface area contributed by atoms with Crippen molar-refractivity contribution < 1.29 is 14.6 Å². The van der Waals surface area contributed by atoms with Crippen LogP contribution < -0.4 is 14.8 Å². The molecule has 4 heteroatoms. The molecule has 0 saturated heterocycles. The normalized spacial score (nSPS) is 25.6. The van der Waals surface area contributed by atoms with Gasteiger partial charge in [0.05, 0.1) is 25.4 Å². The fourth-order valence-electron chi connectivity index (χ4n) is 3.21. The van der Waals surface area contributed by atoms with E-state index in [4.69, 9.17) is 9.47 Å². The van der Waals surface area contributed by atoms with E-state index in [1.807, 2.05) is 18.2 Å². The van der Waals surface area contributed by atoms with E-state index in [1.54, 1.807) is 14.2 Å². The van der Waals surface area contributed by atoms with Gasteiger partial charge in [0.2, 0.25) is 0 Å². The maximum atomic E-state index is 11.1. The molecule has 21 heavy (non-hydrogen) atoms. The molecular formula is C17H27NO3. The molecular weight excluding hydrogens is 266 g/mol. The first-order valence-corrected chi connectivity index (χ1v) is 7.82. The number of rotatable bonds is 6. The van der Waals surface area contributed by atoms with Crippen LogP contribution in [0.1, 0.15) is 44.6 Å². The van der Waals surface area contributed by atoms with E-state index in [1.165, 1.54) is 0 Å².